The van der Waals surface area contributed by atoms with Crippen LogP contribution in [-0.4, -0.2) is 28.6 Å². The number of carboxylic acid groups (broad SMARTS) is 1. The van der Waals surface area contributed by atoms with E-state index in [4.69, 9.17) is 10.8 Å². The van der Waals surface area contributed by atoms with Crippen molar-refractivity contribution in [3.63, 3.8) is 0 Å². The summed E-state index contributed by atoms with van der Waals surface area (Å²) in [5.41, 5.74) is 7.85. The number of benzene rings is 1. The first-order valence-corrected chi connectivity index (χ1v) is 6.47. The van der Waals surface area contributed by atoms with E-state index in [-0.39, 0.29) is 0 Å². The van der Waals surface area contributed by atoms with Crippen LogP contribution in [0.3, 0.4) is 0 Å². The molecule has 86 valence electrons. The van der Waals surface area contributed by atoms with Gasteiger partial charge in [-0.25, -0.2) is 0 Å². The lowest BCUT2D eigenvalue weighted by Crippen LogP contribution is -2.32. The summed E-state index contributed by atoms with van der Waals surface area (Å²) in [6.07, 6.45) is 0.406. The fourth-order valence-electron chi connectivity index (χ4n) is 1.74. The molecule has 0 spiro atoms. The molecule has 3 N–H and O–H groups in total. The summed E-state index contributed by atoms with van der Waals surface area (Å²) in [5.74, 6) is 2.05. The highest BCUT2D eigenvalue weighted by molar-refractivity contribution is 8.00. The van der Waals surface area contributed by atoms with Crippen molar-refractivity contribution >= 4 is 17.7 Å². The zero-order valence-corrected chi connectivity index (χ0v) is 9.74. The second-order valence-corrected chi connectivity index (χ2v) is 5.20. The number of carboxylic acids is 1. The van der Waals surface area contributed by atoms with E-state index in [1.807, 2.05) is 23.9 Å². The van der Waals surface area contributed by atoms with Crippen molar-refractivity contribution in [3.05, 3.63) is 35.4 Å². The minimum atomic E-state index is -0.940. The lowest BCUT2D eigenvalue weighted by molar-refractivity contribution is -0.138. The zero-order chi connectivity index (χ0) is 11.5. The predicted molar refractivity (Wildman–Crippen MR) is 65.8 cm³/mol. The van der Waals surface area contributed by atoms with E-state index >= 15 is 0 Å². The maximum Gasteiger partial charge on any atom is 0.320 e. The number of carbonyl (C=O) groups is 1. The van der Waals surface area contributed by atoms with E-state index in [1.165, 1.54) is 17.1 Å². The molecule has 2 rings (SSSR count). The lowest BCUT2D eigenvalue weighted by Gasteiger charge is -2.25. The third-order valence-corrected chi connectivity index (χ3v) is 4.11. The number of hydrogen-bond acceptors (Lipinski definition) is 3. The summed E-state index contributed by atoms with van der Waals surface area (Å²) >= 11 is 1.95. The van der Waals surface area contributed by atoms with Crippen molar-refractivity contribution in [3.8, 4) is 0 Å². The van der Waals surface area contributed by atoms with Crippen LogP contribution in [0.15, 0.2) is 24.3 Å². The molecule has 1 aromatic rings. The first-order chi connectivity index (χ1) is 7.66. The van der Waals surface area contributed by atoms with Gasteiger partial charge in [-0.1, -0.05) is 24.3 Å². The number of nitrogens with two attached hydrogens (primary N) is 1. The Morgan fingerprint density at radius 3 is 2.88 bits per heavy atom. The number of rotatable bonds is 4. The minimum absolute atomic E-state index is 0.406. The van der Waals surface area contributed by atoms with Crippen molar-refractivity contribution in [1.82, 2.24) is 0 Å². The van der Waals surface area contributed by atoms with Crippen LogP contribution in [0.2, 0.25) is 0 Å². The molecular formula is C12H15NO2S. The van der Waals surface area contributed by atoms with Crippen molar-refractivity contribution in [1.29, 1.82) is 0 Å². The molecule has 1 atom stereocenters. The Balaban J connectivity index is 2.06. The smallest absolute Gasteiger partial charge is 0.320 e. The van der Waals surface area contributed by atoms with E-state index < -0.39 is 12.0 Å². The monoisotopic (exact) mass is 237 g/mol. The Hall–Kier alpha value is -1.00. The fraction of sp³-hybridized carbons (Fsp3) is 0.417. The maximum atomic E-state index is 10.7. The zero-order valence-electron chi connectivity index (χ0n) is 8.93. The second kappa shape index (κ2) is 4.89. The van der Waals surface area contributed by atoms with Crippen molar-refractivity contribution in [2.75, 3.05) is 11.5 Å². The molecule has 3 nitrogen and oxygen atoms in total. The largest absolute Gasteiger partial charge is 0.480 e. The molecule has 1 aromatic carbocycles. The van der Waals surface area contributed by atoms with Gasteiger partial charge in [-0.3, -0.25) is 4.79 Å². The molecule has 1 aliphatic heterocycles. The van der Waals surface area contributed by atoms with Gasteiger partial charge in [-0.2, -0.15) is 11.8 Å². The molecule has 1 unspecified atom stereocenters. The third-order valence-electron chi connectivity index (χ3n) is 2.83. The highest BCUT2D eigenvalue weighted by Crippen LogP contribution is 2.34. The maximum absolute atomic E-state index is 10.7. The first-order valence-electron chi connectivity index (χ1n) is 5.32. The number of hydrogen-bond donors (Lipinski definition) is 2. The Morgan fingerprint density at radius 2 is 2.31 bits per heavy atom. The van der Waals surface area contributed by atoms with Gasteiger partial charge in [-0.15, -0.1) is 0 Å². The van der Waals surface area contributed by atoms with E-state index in [9.17, 15) is 4.79 Å². The Kier molecular flexibility index (Phi) is 3.51. The van der Waals surface area contributed by atoms with Gasteiger partial charge in [-0.05, 0) is 17.5 Å². The molecule has 0 aliphatic carbocycles. The van der Waals surface area contributed by atoms with Crippen LogP contribution in [-0.2, 0) is 11.2 Å². The predicted octanol–water partition coefficient (Wildman–Crippen LogP) is 1.47. The molecule has 0 saturated carbocycles. The van der Waals surface area contributed by atoms with Crippen LogP contribution >= 0.6 is 11.8 Å². The lowest BCUT2D eigenvalue weighted by atomic mass is 9.97. The van der Waals surface area contributed by atoms with E-state index in [0.717, 1.165) is 5.56 Å². The van der Waals surface area contributed by atoms with Gasteiger partial charge in [0.05, 0.1) is 0 Å². The molecule has 1 heterocycles. The standard InChI is InChI=1S/C12H15NO2S/c13-11(12(14)15)5-8-2-1-3-9(4-8)10-6-16-7-10/h1-4,10-11H,5-7,13H2,(H,14,15). The molecule has 1 fully saturated rings. The second-order valence-electron chi connectivity index (χ2n) is 4.13. The summed E-state index contributed by atoms with van der Waals surface area (Å²) in [4.78, 5) is 10.7. The number of thioether (sulfide) groups is 1. The van der Waals surface area contributed by atoms with Crippen LogP contribution in [0.25, 0.3) is 0 Å². The Labute approximate surface area is 99.0 Å². The topological polar surface area (TPSA) is 63.3 Å². The van der Waals surface area contributed by atoms with Crippen molar-refractivity contribution in [2.45, 2.75) is 18.4 Å². The minimum Gasteiger partial charge on any atom is -0.480 e. The average molecular weight is 237 g/mol. The molecule has 0 aromatic heterocycles. The quantitative estimate of drug-likeness (QED) is 0.832. The molecule has 4 heteroatoms. The molecular weight excluding hydrogens is 222 g/mol. The van der Waals surface area contributed by atoms with Gasteiger partial charge < -0.3 is 10.8 Å². The van der Waals surface area contributed by atoms with Crippen molar-refractivity contribution < 1.29 is 9.90 Å². The third kappa shape index (κ3) is 2.57. The van der Waals surface area contributed by atoms with Crippen LogP contribution in [0, 0.1) is 0 Å². The molecule has 16 heavy (non-hydrogen) atoms. The van der Waals surface area contributed by atoms with E-state index in [1.54, 1.807) is 0 Å². The van der Waals surface area contributed by atoms with Crippen LogP contribution in [0.5, 0.6) is 0 Å². The van der Waals surface area contributed by atoms with E-state index in [2.05, 4.69) is 12.1 Å². The Morgan fingerprint density at radius 1 is 1.56 bits per heavy atom. The van der Waals surface area contributed by atoms with Gasteiger partial charge in [0.25, 0.3) is 0 Å². The summed E-state index contributed by atoms with van der Waals surface area (Å²) in [5, 5.41) is 8.75. The summed E-state index contributed by atoms with van der Waals surface area (Å²) in [7, 11) is 0. The van der Waals surface area contributed by atoms with Crippen LogP contribution in [0.4, 0.5) is 0 Å². The molecule has 1 saturated heterocycles. The highest BCUT2D eigenvalue weighted by atomic mass is 32.2. The summed E-state index contributed by atoms with van der Waals surface area (Å²) < 4.78 is 0. The van der Waals surface area contributed by atoms with E-state index in [0.29, 0.717) is 12.3 Å². The van der Waals surface area contributed by atoms with Gasteiger partial charge in [0.15, 0.2) is 0 Å². The highest BCUT2D eigenvalue weighted by Gasteiger charge is 2.20. The summed E-state index contributed by atoms with van der Waals surface area (Å²) in [6.45, 7) is 0. The fourth-order valence-corrected chi connectivity index (χ4v) is 2.60. The van der Waals surface area contributed by atoms with Gasteiger partial charge in [0.1, 0.15) is 6.04 Å². The Bertz CT molecular complexity index is 390. The molecule has 0 radical (unpaired) electrons. The molecule has 0 bridgehead atoms. The molecule has 1 aliphatic rings. The van der Waals surface area contributed by atoms with Gasteiger partial charge in [0.2, 0.25) is 0 Å². The van der Waals surface area contributed by atoms with Gasteiger partial charge >= 0.3 is 5.97 Å². The van der Waals surface area contributed by atoms with Crippen molar-refractivity contribution in [2.24, 2.45) is 5.73 Å². The first kappa shape index (κ1) is 11.5. The average Bonchev–Trinajstić information content (AvgIpc) is 2.15. The number of aliphatic carboxylic acids is 1. The van der Waals surface area contributed by atoms with Crippen LogP contribution < -0.4 is 5.73 Å². The SMILES string of the molecule is NC(Cc1cccc(C2CSC2)c1)C(=O)O. The molecule has 0 amide bonds. The summed E-state index contributed by atoms with van der Waals surface area (Å²) in [6, 6.07) is 7.33. The van der Waals surface area contributed by atoms with Gasteiger partial charge in [0, 0.05) is 17.4 Å². The normalized spacial score (nSPS) is 17.8. The van der Waals surface area contributed by atoms with Crippen LogP contribution in [0.1, 0.15) is 17.0 Å².